The molecule has 0 spiro atoms. The lowest BCUT2D eigenvalue weighted by Gasteiger charge is -2.26. The lowest BCUT2D eigenvalue weighted by molar-refractivity contribution is -0.156. The van der Waals surface area contributed by atoms with Gasteiger partial charge in [-0.3, -0.25) is 43.2 Å². The van der Waals surface area contributed by atoms with E-state index in [2.05, 4.69) is 16.0 Å². The Kier molecular flexibility index (Phi) is 27.1. The van der Waals surface area contributed by atoms with Gasteiger partial charge in [-0.25, -0.2) is 0 Å². The minimum absolute atomic E-state index is 0.00570. The zero-order chi connectivity index (χ0) is 56.9. The summed E-state index contributed by atoms with van der Waals surface area (Å²) in [5, 5.41) is 18.2. The monoisotopic (exact) mass is 1080 g/mol. The number of hydrogen-bond acceptors (Lipinski definition) is 15. The largest absolute Gasteiger partial charge is 0.508 e. The van der Waals surface area contributed by atoms with Crippen molar-refractivity contribution in [1.82, 2.24) is 16.0 Å². The Bertz CT molecular complexity index is 2550. The molecular weight excluding hydrogens is 1000 g/mol. The van der Waals surface area contributed by atoms with Gasteiger partial charge in [0.05, 0.1) is 37.8 Å². The molecule has 4 aromatic carbocycles. The van der Waals surface area contributed by atoms with Gasteiger partial charge in [0, 0.05) is 64.6 Å². The Balaban J connectivity index is 1.65. The number of benzene rings is 4. The topological polar surface area (TPSA) is 256 Å². The second-order valence-electron chi connectivity index (χ2n) is 20.0. The summed E-state index contributed by atoms with van der Waals surface area (Å²) in [6.45, 7) is 6.96. The first-order valence-corrected chi connectivity index (χ1v) is 26.2. The van der Waals surface area contributed by atoms with Crippen LogP contribution in [0.4, 0.5) is 0 Å². The maximum absolute atomic E-state index is 14.9. The molecule has 0 aromatic heterocycles. The van der Waals surface area contributed by atoms with E-state index < -0.39 is 108 Å². The van der Waals surface area contributed by atoms with Crippen molar-refractivity contribution in [2.45, 2.75) is 135 Å². The molecule has 0 heterocycles. The second-order valence-corrected chi connectivity index (χ2v) is 20.0. The quantitative estimate of drug-likeness (QED) is 0.0215. The Morgan fingerprint density at radius 3 is 1.55 bits per heavy atom. The Labute approximate surface area is 456 Å². The van der Waals surface area contributed by atoms with Crippen molar-refractivity contribution in [3.05, 3.63) is 138 Å². The van der Waals surface area contributed by atoms with Crippen LogP contribution < -0.4 is 16.0 Å². The molecule has 4 rings (SSSR count). The van der Waals surface area contributed by atoms with E-state index in [4.69, 9.17) is 23.7 Å². The predicted molar refractivity (Wildman–Crippen MR) is 288 cm³/mol. The second kappa shape index (κ2) is 33.6. The molecule has 4 N–H and O–H groups in total. The molecule has 0 aliphatic carbocycles. The predicted octanol–water partition coefficient (Wildman–Crippen LogP) is 6.59. The van der Waals surface area contributed by atoms with Crippen molar-refractivity contribution in [1.29, 1.82) is 0 Å². The van der Waals surface area contributed by atoms with Crippen LogP contribution in [0.15, 0.2) is 115 Å². The van der Waals surface area contributed by atoms with E-state index in [0.717, 1.165) is 11.1 Å². The SMILES string of the molecule is COCCOCCCC(=O)[C@@H](CCC(=O)OCc1ccccc1)NC(=O)[C@H](CCC(=O)OCc1ccccc1)CC(=O)[C@@H](Cc1ccccc1)NC(=O)[C@@H](CC(=O)[C@H](CC(=O)OC(C)(C)C)NC(C)=O)Cc1ccc(O)cc1. The summed E-state index contributed by atoms with van der Waals surface area (Å²) >= 11 is 0. The zero-order valence-corrected chi connectivity index (χ0v) is 45.3. The van der Waals surface area contributed by atoms with Crippen molar-refractivity contribution in [3.63, 3.8) is 0 Å². The van der Waals surface area contributed by atoms with Crippen molar-refractivity contribution < 1.29 is 71.9 Å². The molecule has 4 aromatic rings. The van der Waals surface area contributed by atoms with E-state index >= 15 is 0 Å². The molecule has 0 saturated carbocycles. The van der Waals surface area contributed by atoms with Crippen LogP contribution in [0.2, 0.25) is 0 Å². The number of methoxy groups -OCH3 is 1. The van der Waals surface area contributed by atoms with Crippen LogP contribution in [0.1, 0.15) is 108 Å². The first-order chi connectivity index (χ1) is 37.3. The highest BCUT2D eigenvalue weighted by Gasteiger charge is 2.35. The van der Waals surface area contributed by atoms with Crippen molar-refractivity contribution in [2.24, 2.45) is 11.8 Å². The van der Waals surface area contributed by atoms with E-state index in [9.17, 15) is 48.3 Å². The van der Waals surface area contributed by atoms with Gasteiger partial charge in [-0.05, 0) is 87.3 Å². The number of carbonyl (C=O) groups is 9. The van der Waals surface area contributed by atoms with Gasteiger partial charge in [0.25, 0.3) is 0 Å². The molecule has 78 heavy (non-hydrogen) atoms. The molecule has 0 fully saturated rings. The van der Waals surface area contributed by atoms with Crippen LogP contribution in [0.3, 0.4) is 0 Å². The van der Waals surface area contributed by atoms with Gasteiger partial charge in [-0.1, -0.05) is 103 Å². The van der Waals surface area contributed by atoms with Crippen LogP contribution in [-0.2, 0) is 92.9 Å². The van der Waals surface area contributed by atoms with Crippen LogP contribution in [0.5, 0.6) is 5.75 Å². The fourth-order valence-corrected chi connectivity index (χ4v) is 8.24. The van der Waals surface area contributed by atoms with E-state index in [1.54, 1.807) is 112 Å². The van der Waals surface area contributed by atoms with Crippen LogP contribution >= 0.6 is 0 Å². The molecule has 0 saturated heterocycles. The van der Waals surface area contributed by atoms with E-state index in [1.165, 1.54) is 26.2 Å². The molecule has 5 atom stereocenters. The molecule has 3 amide bonds. The van der Waals surface area contributed by atoms with Crippen LogP contribution in [0.25, 0.3) is 0 Å². The lowest BCUT2D eigenvalue weighted by Crippen LogP contribution is -2.49. The fraction of sp³-hybridized carbons (Fsp3) is 0.450. The third kappa shape index (κ3) is 25.1. The summed E-state index contributed by atoms with van der Waals surface area (Å²) in [4.78, 5) is 124. The smallest absolute Gasteiger partial charge is 0.308 e. The summed E-state index contributed by atoms with van der Waals surface area (Å²) in [6, 6.07) is 28.8. The molecule has 18 nitrogen and oxygen atoms in total. The van der Waals surface area contributed by atoms with E-state index in [0.29, 0.717) is 30.8 Å². The average Bonchev–Trinajstić information content (AvgIpc) is 3.40. The van der Waals surface area contributed by atoms with E-state index in [-0.39, 0.29) is 70.5 Å². The Hall–Kier alpha value is -7.57. The van der Waals surface area contributed by atoms with Gasteiger partial charge in [-0.15, -0.1) is 0 Å². The number of carbonyl (C=O) groups excluding carboxylic acids is 9. The number of nitrogens with one attached hydrogen (secondary N) is 3. The highest BCUT2D eigenvalue weighted by molar-refractivity contribution is 5.97. The zero-order valence-electron chi connectivity index (χ0n) is 45.3. The van der Waals surface area contributed by atoms with Crippen LogP contribution in [-0.4, -0.2) is 109 Å². The molecular formula is C60H75N3O15. The van der Waals surface area contributed by atoms with Crippen molar-refractivity contribution in [2.75, 3.05) is 26.9 Å². The molecule has 0 aliphatic rings. The van der Waals surface area contributed by atoms with Crippen molar-refractivity contribution in [3.8, 4) is 5.75 Å². The fourth-order valence-electron chi connectivity index (χ4n) is 8.24. The minimum atomic E-state index is -1.36. The molecule has 420 valence electrons. The molecule has 0 aliphatic heterocycles. The Morgan fingerprint density at radius 2 is 1.00 bits per heavy atom. The number of ketones is 3. The summed E-state index contributed by atoms with van der Waals surface area (Å²) in [5.41, 5.74) is 1.75. The highest BCUT2D eigenvalue weighted by Crippen LogP contribution is 2.22. The lowest BCUT2D eigenvalue weighted by atomic mass is 9.88. The average molecular weight is 1080 g/mol. The van der Waals surface area contributed by atoms with Gasteiger partial charge in [-0.2, -0.15) is 0 Å². The van der Waals surface area contributed by atoms with Gasteiger partial charge in [0.2, 0.25) is 17.7 Å². The maximum Gasteiger partial charge on any atom is 0.308 e. The summed E-state index contributed by atoms with van der Waals surface area (Å²) in [5.74, 6) is -8.34. The summed E-state index contributed by atoms with van der Waals surface area (Å²) in [7, 11) is 1.53. The molecule has 0 unspecified atom stereocenters. The van der Waals surface area contributed by atoms with Gasteiger partial charge in [0.15, 0.2) is 17.3 Å². The standard InChI is InChI=1S/C60H75N3O15/c1-41(64)61-51(38-57(71)78-60(2,3)4)54(68)37-47(34-43-23-26-48(65)27-24-43)59(73)63-50(35-42-16-9-6-10-17-42)53(67)36-46(25-29-55(69)76-39-44-18-11-7-12-19-44)58(72)62-49(52(66)22-15-31-75-33-32-74-5)28-30-56(70)77-40-45-20-13-8-14-21-45/h6-14,16-21,23-24,26-27,46-47,49-51,65H,15,22,25,28-40H2,1-5H3,(H,61,64)(H,62,72)(H,63,73)/t46-,47-,49-,50-,51+/m1/s1. The Morgan fingerprint density at radius 1 is 0.500 bits per heavy atom. The minimum Gasteiger partial charge on any atom is -0.508 e. The summed E-state index contributed by atoms with van der Waals surface area (Å²) < 4.78 is 27.0. The number of phenols is 1. The molecule has 0 radical (unpaired) electrons. The maximum atomic E-state index is 14.9. The normalized spacial score (nSPS) is 13.1. The number of esters is 3. The first kappa shape index (κ1) is 63.0. The third-order valence-corrected chi connectivity index (χ3v) is 12.3. The molecule has 18 heteroatoms. The van der Waals surface area contributed by atoms with E-state index in [1.807, 2.05) is 12.1 Å². The summed E-state index contributed by atoms with van der Waals surface area (Å²) in [6.07, 6.45) is -2.35. The first-order valence-electron chi connectivity index (χ1n) is 26.2. The highest BCUT2D eigenvalue weighted by atomic mass is 16.6. The number of ether oxygens (including phenoxy) is 5. The van der Waals surface area contributed by atoms with Gasteiger partial charge in [0.1, 0.15) is 24.6 Å². The number of aromatic hydroxyl groups is 1. The number of hydrogen-bond donors (Lipinski definition) is 4. The van der Waals surface area contributed by atoms with Gasteiger partial charge < -0.3 is 44.7 Å². The van der Waals surface area contributed by atoms with Crippen LogP contribution in [0, 0.1) is 11.8 Å². The third-order valence-electron chi connectivity index (χ3n) is 12.3. The van der Waals surface area contributed by atoms with Crippen molar-refractivity contribution >= 4 is 53.0 Å². The number of amides is 3. The molecule has 0 bridgehead atoms. The number of phenolic OH excluding ortho intramolecular Hbond substituents is 1. The van der Waals surface area contributed by atoms with Gasteiger partial charge >= 0.3 is 17.9 Å². The number of rotatable bonds is 35. The number of Topliss-reactive ketones (excluding diaryl/α,β-unsaturated/α-hetero) is 3.